The van der Waals surface area contributed by atoms with E-state index in [1.54, 1.807) is 17.0 Å². The van der Waals surface area contributed by atoms with Crippen LogP contribution in [0.5, 0.6) is 5.75 Å². The van der Waals surface area contributed by atoms with Gasteiger partial charge in [0.05, 0.1) is 5.56 Å². The van der Waals surface area contributed by atoms with E-state index < -0.39 is 6.61 Å². The molecular formula is C20H27F2N3O3. The minimum absolute atomic E-state index is 0.0866. The van der Waals surface area contributed by atoms with Crippen LogP contribution in [-0.4, -0.2) is 67.0 Å². The molecule has 1 aromatic rings. The van der Waals surface area contributed by atoms with Gasteiger partial charge >= 0.3 is 6.61 Å². The van der Waals surface area contributed by atoms with Gasteiger partial charge in [-0.15, -0.1) is 0 Å². The van der Waals surface area contributed by atoms with Crippen molar-refractivity contribution in [1.82, 2.24) is 15.1 Å². The van der Waals surface area contributed by atoms with Crippen LogP contribution in [0.1, 0.15) is 42.5 Å². The van der Waals surface area contributed by atoms with Gasteiger partial charge in [0.1, 0.15) is 5.75 Å². The molecule has 2 fully saturated rings. The molecule has 2 amide bonds. The fourth-order valence-corrected chi connectivity index (χ4v) is 3.82. The molecule has 0 radical (unpaired) electrons. The van der Waals surface area contributed by atoms with E-state index in [1.165, 1.54) is 25.0 Å². The van der Waals surface area contributed by atoms with Crippen LogP contribution in [0.15, 0.2) is 24.3 Å². The Hall–Kier alpha value is -2.22. The molecule has 6 nitrogen and oxygen atoms in total. The van der Waals surface area contributed by atoms with Gasteiger partial charge in [-0.2, -0.15) is 8.78 Å². The van der Waals surface area contributed by atoms with E-state index in [9.17, 15) is 18.4 Å². The minimum atomic E-state index is -2.97. The molecular weight excluding hydrogens is 368 g/mol. The standard InChI is InChI=1S/C20H27F2N3O3/c21-20(22)28-17-8-4-3-7-16(17)19(27)25-13-11-24(12-14-25)10-9-18(26)23-15-5-1-2-6-15/h3-4,7-8,15,20H,1-2,5-6,9-14H2,(H,23,26). The molecule has 0 unspecified atom stereocenters. The van der Waals surface area contributed by atoms with Crippen LogP contribution in [-0.2, 0) is 4.79 Å². The topological polar surface area (TPSA) is 61.9 Å². The van der Waals surface area contributed by atoms with Gasteiger partial charge in [0, 0.05) is 45.2 Å². The number of para-hydroxylation sites is 1. The summed E-state index contributed by atoms with van der Waals surface area (Å²) in [7, 11) is 0. The van der Waals surface area contributed by atoms with E-state index in [4.69, 9.17) is 0 Å². The van der Waals surface area contributed by atoms with Crippen molar-refractivity contribution in [2.45, 2.75) is 44.8 Å². The summed E-state index contributed by atoms with van der Waals surface area (Å²) in [4.78, 5) is 28.5. The number of rotatable bonds is 7. The highest BCUT2D eigenvalue weighted by Gasteiger charge is 2.25. The van der Waals surface area contributed by atoms with E-state index >= 15 is 0 Å². The Kier molecular flexibility index (Phi) is 7.19. The first-order valence-corrected chi connectivity index (χ1v) is 9.88. The first-order valence-electron chi connectivity index (χ1n) is 9.88. The van der Waals surface area contributed by atoms with Crippen LogP contribution in [0.3, 0.4) is 0 Å². The molecule has 1 aromatic carbocycles. The number of halogens is 2. The summed E-state index contributed by atoms with van der Waals surface area (Å²) < 4.78 is 29.6. The Morgan fingerprint density at radius 3 is 2.46 bits per heavy atom. The summed E-state index contributed by atoms with van der Waals surface area (Å²) in [6, 6.07) is 6.39. The van der Waals surface area contributed by atoms with Gasteiger partial charge in [-0.3, -0.25) is 14.5 Å². The van der Waals surface area contributed by atoms with E-state index in [0.717, 1.165) is 12.8 Å². The quantitative estimate of drug-likeness (QED) is 0.771. The highest BCUT2D eigenvalue weighted by Crippen LogP contribution is 2.22. The number of amides is 2. The summed E-state index contributed by atoms with van der Waals surface area (Å²) in [5.74, 6) is -0.327. The molecule has 1 saturated heterocycles. The van der Waals surface area contributed by atoms with E-state index in [-0.39, 0.29) is 23.1 Å². The van der Waals surface area contributed by atoms with Crippen LogP contribution >= 0.6 is 0 Å². The fraction of sp³-hybridized carbons (Fsp3) is 0.600. The van der Waals surface area contributed by atoms with Crippen molar-refractivity contribution in [3.63, 3.8) is 0 Å². The van der Waals surface area contributed by atoms with Gasteiger partial charge in [0.25, 0.3) is 5.91 Å². The lowest BCUT2D eigenvalue weighted by molar-refractivity contribution is -0.122. The lowest BCUT2D eigenvalue weighted by Gasteiger charge is -2.35. The zero-order valence-corrected chi connectivity index (χ0v) is 15.9. The maximum atomic E-state index is 12.7. The molecule has 1 aliphatic carbocycles. The van der Waals surface area contributed by atoms with Gasteiger partial charge in [0.15, 0.2) is 0 Å². The lowest BCUT2D eigenvalue weighted by atomic mass is 10.1. The molecule has 1 saturated carbocycles. The van der Waals surface area contributed by atoms with Gasteiger partial charge in [-0.25, -0.2) is 0 Å². The van der Waals surface area contributed by atoms with Gasteiger partial charge < -0.3 is 15.0 Å². The molecule has 1 aliphatic heterocycles. The molecule has 0 bridgehead atoms. The third-order valence-electron chi connectivity index (χ3n) is 5.37. The second kappa shape index (κ2) is 9.82. The molecule has 0 atom stereocenters. The monoisotopic (exact) mass is 395 g/mol. The van der Waals surface area contributed by atoms with Crippen molar-refractivity contribution in [2.24, 2.45) is 0 Å². The molecule has 154 valence electrons. The van der Waals surface area contributed by atoms with Crippen LogP contribution < -0.4 is 10.1 Å². The number of carbonyl (C=O) groups is 2. The zero-order chi connectivity index (χ0) is 19.9. The smallest absolute Gasteiger partial charge is 0.387 e. The normalized spacial score (nSPS) is 18.5. The van der Waals surface area contributed by atoms with Crippen LogP contribution in [0, 0.1) is 0 Å². The predicted molar refractivity (Wildman–Crippen MR) is 100 cm³/mol. The first-order chi connectivity index (χ1) is 13.5. The van der Waals surface area contributed by atoms with Crippen molar-refractivity contribution >= 4 is 11.8 Å². The average molecular weight is 395 g/mol. The van der Waals surface area contributed by atoms with E-state index in [0.29, 0.717) is 45.2 Å². The van der Waals surface area contributed by atoms with Crippen molar-refractivity contribution < 1.29 is 23.1 Å². The maximum absolute atomic E-state index is 12.7. The summed E-state index contributed by atoms with van der Waals surface area (Å²) in [5.41, 5.74) is 0.146. The Labute approximate surface area is 163 Å². The third kappa shape index (κ3) is 5.64. The number of nitrogens with one attached hydrogen (secondary N) is 1. The van der Waals surface area contributed by atoms with E-state index in [1.807, 2.05) is 0 Å². The average Bonchev–Trinajstić information content (AvgIpc) is 3.19. The van der Waals surface area contributed by atoms with E-state index in [2.05, 4.69) is 15.0 Å². The molecule has 1 N–H and O–H groups in total. The third-order valence-corrected chi connectivity index (χ3v) is 5.37. The molecule has 28 heavy (non-hydrogen) atoms. The fourth-order valence-electron chi connectivity index (χ4n) is 3.82. The number of hydrogen-bond acceptors (Lipinski definition) is 4. The maximum Gasteiger partial charge on any atom is 0.387 e. The van der Waals surface area contributed by atoms with Crippen molar-refractivity contribution in [3.8, 4) is 5.75 Å². The SMILES string of the molecule is O=C(CCN1CCN(C(=O)c2ccccc2OC(F)F)CC1)NC1CCCC1. The largest absolute Gasteiger partial charge is 0.434 e. The Morgan fingerprint density at radius 2 is 1.79 bits per heavy atom. The van der Waals surface area contributed by atoms with Gasteiger partial charge in [-0.05, 0) is 25.0 Å². The number of hydrogen-bond donors (Lipinski definition) is 1. The summed E-state index contributed by atoms with van der Waals surface area (Å²) in [6.45, 7) is -0.0222. The summed E-state index contributed by atoms with van der Waals surface area (Å²) >= 11 is 0. The van der Waals surface area contributed by atoms with Crippen LogP contribution in [0.25, 0.3) is 0 Å². The molecule has 0 spiro atoms. The molecule has 3 rings (SSSR count). The van der Waals surface area contributed by atoms with Crippen molar-refractivity contribution in [2.75, 3.05) is 32.7 Å². The first kappa shape index (κ1) is 20.5. The van der Waals surface area contributed by atoms with Crippen LogP contribution in [0.4, 0.5) is 8.78 Å². The number of carbonyl (C=O) groups excluding carboxylic acids is 2. The predicted octanol–water partition coefficient (Wildman–Crippen LogP) is 2.49. The van der Waals surface area contributed by atoms with Gasteiger partial charge in [0.2, 0.25) is 5.91 Å². The lowest BCUT2D eigenvalue weighted by Crippen LogP contribution is -2.49. The number of alkyl halides is 2. The highest BCUT2D eigenvalue weighted by molar-refractivity contribution is 5.97. The van der Waals surface area contributed by atoms with Crippen molar-refractivity contribution in [3.05, 3.63) is 29.8 Å². The Bertz CT molecular complexity index is 672. The molecule has 8 heteroatoms. The van der Waals surface area contributed by atoms with Gasteiger partial charge in [-0.1, -0.05) is 25.0 Å². The van der Waals surface area contributed by atoms with Crippen LogP contribution in [0.2, 0.25) is 0 Å². The Balaban J connectivity index is 1.44. The molecule has 1 heterocycles. The summed E-state index contributed by atoms with van der Waals surface area (Å²) in [5, 5.41) is 3.08. The number of piperazine rings is 1. The molecule has 2 aliphatic rings. The zero-order valence-electron chi connectivity index (χ0n) is 15.9. The Morgan fingerprint density at radius 1 is 1.11 bits per heavy atom. The number of nitrogens with zero attached hydrogens (tertiary/aromatic N) is 2. The second-order valence-electron chi connectivity index (χ2n) is 7.31. The van der Waals surface area contributed by atoms with Crippen molar-refractivity contribution in [1.29, 1.82) is 0 Å². The summed E-state index contributed by atoms with van der Waals surface area (Å²) in [6.07, 6.45) is 4.97. The number of ether oxygens (including phenoxy) is 1. The number of benzene rings is 1. The minimum Gasteiger partial charge on any atom is -0.434 e. The second-order valence-corrected chi connectivity index (χ2v) is 7.31. The molecule has 0 aromatic heterocycles. The highest BCUT2D eigenvalue weighted by atomic mass is 19.3.